The number of carbonyl (C=O) groups is 1. The standard InChI is InChI=1S/C36H36O5/c1-3-39-36(37)34(38-2)25-27-14-19-31(20-15-27)40-21-22-41-35-32-12-8-7-11-29(32)17-18-30-16-13-28(24-33(30)35)23-26-9-5-4-6-10-26/h4-20,24,34-35H,3,21-23,25H2,1-2H3. The third kappa shape index (κ3) is 7.31. The molecule has 0 aromatic heterocycles. The zero-order valence-corrected chi connectivity index (χ0v) is 23.6. The van der Waals surface area contributed by atoms with Crippen molar-refractivity contribution >= 4 is 18.1 Å². The first kappa shape index (κ1) is 28.3. The Bertz CT molecular complexity index is 1460. The van der Waals surface area contributed by atoms with E-state index in [9.17, 15) is 4.79 Å². The van der Waals surface area contributed by atoms with Crippen LogP contribution in [-0.2, 0) is 31.8 Å². The topological polar surface area (TPSA) is 54.0 Å². The molecule has 41 heavy (non-hydrogen) atoms. The Morgan fingerprint density at radius 3 is 2.22 bits per heavy atom. The van der Waals surface area contributed by atoms with Crippen molar-refractivity contribution in [1.29, 1.82) is 0 Å². The molecule has 2 unspecified atom stereocenters. The van der Waals surface area contributed by atoms with Gasteiger partial charge in [-0.2, -0.15) is 0 Å². The van der Waals surface area contributed by atoms with Crippen molar-refractivity contribution in [3.8, 4) is 5.75 Å². The number of carbonyl (C=O) groups excluding carboxylic acids is 1. The van der Waals surface area contributed by atoms with Crippen LogP contribution in [0.4, 0.5) is 0 Å². The Hall–Kier alpha value is -4.19. The first-order valence-corrected chi connectivity index (χ1v) is 14.1. The quantitative estimate of drug-likeness (QED) is 0.140. The van der Waals surface area contributed by atoms with Gasteiger partial charge in [-0.15, -0.1) is 0 Å². The lowest BCUT2D eigenvalue weighted by atomic mass is 9.93. The van der Waals surface area contributed by atoms with E-state index in [0.29, 0.717) is 26.2 Å². The van der Waals surface area contributed by atoms with Crippen LogP contribution in [0, 0.1) is 0 Å². The third-order valence-electron chi connectivity index (χ3n) is 7.22. The van der Waals surface area contributed by atoms with E-state index in [4.69, 9.17) is 18.9 Å². The fourth-order valence-electron chi connectivity index (χ4n) is 5.13. The molecule has 1 aliphatic rings. The molecule has 0 amide bonds. The van der Waals surface area contributed by atoms with Crippen molar-refractivity contribution in [2.45, 2.75) is 32.0 Å². The lowest BCUT2D eigenvalue weighted by molar-refractivity contribution is -0.154. The molecule has 0 bridgehead atoms. The molecular formula is C36H36O5. The molecule has 5 rings (SSSR count). The first-order valence-electron chi connectivity index (χ1n) is 14.1. The highest BCUT2D eigenvalue weighted by Crippen LogP contribution is 2.36. The van der Waals surface area contributed by atoms with Gasteiger partial charge in [-0.25, -0.2) is 4.79 Å². The number of hydrogen-bond acceptors (Lipinski definition) is 5. The lowest BCUT2D eigenvalue weighted by Crippen LogP contribution is -2.27. The average Bonchev–Trinajstić information content (AvgIpc) is 3.16. The Labute approximate surface area is 242 Å². The van der Waals surface area contributed by atoms with Crippen molar-refractivity contribution < 1.29 is 23.7 Å². The van der Waals surface area contributed by atoms with E-state index in [2.05, 4.69) is 78.9 Å². The number of hydrogen-bond donors (Lipinski definition) is 0. The van der Waals surface area contributed by atoms with E-state index < -0.39 is 6.10 Å². The summed E-state index contributed by atoms with van der Waals surface area (Å²) >= 11 is 0. The van der Waals surface area contributed by atoms with Crippen LogP contribution in [-0.4, -0.2) is 39.0 Å². The van der Waals surface area contributed by atoms with Gasteiger partial charge in [0.15, 0.2) is 6.10 Å². The molecule has 5 nitrogen and oxygen atoms in total. The van der Waals surface area contributed by atoms with Crippen LogP contribution < -0.4 is 4.74 Å². The van der Waals surface area contributed by atoms with E-state index in [1.165, 1.54) is 23.8 Å². The number of fused-ring (bicyclic) bond motifs is 2. The summed E-state index contributed by atoms with van der Waals surface area (Å²) in [6.45, 7) is 2.95. The molecule has 1 aliphatic carbocycles. The Morgan fingerprint density at radius 1 is 0.756 bits per heavy atom. The predicted molar refractivity (Wildman–Crippen MR) is 162 cm³/mol. The predicted octanol–water partition coefficient (Wildman–Crippen LogP) is 7.07. The van der Waals surface area contributed by atoms with Crippen molar-refractivity contribution in [3.63, 3.8) is 0 Å². The van der Waals surface area contributed by atoms with Crippen molar-refractivity contribution in [1.82, 2.24) is 0 Å². The van der Waals surface area contributed by atoms with E-state index in [1.54, 1.807) is 6.92 Å². The second-order valence-electron chi connectivity index (χ2n) is 10.0. The van der Waals surface area contributed by atoms with Gasteiger partial charge in [0.05, 0.1) is 13.2 Å². The molecule has 0 saturated heterocycles. The van der Waals surface area contributed by atoms with Crippen molar-refractivity contribution in [3.05, 3.63) is 136 Å². The fourth-order valence-corrected chi connectivity index (χ4v) is 5.13. The van der Waals surface area contributed by atoms with Crippen LogP contribution in [0.1, 0.15) is 52.0 Å². The third-order valence-corrected chi connectivity index (χ3v) is 7.22. The zero-order valence-electron chi connectivity index (χ0n) is 23.6. The summed E-state index contributed by atoms with van der Waals surface area (Å²) in [6, 6.07) is 33.3. The molecule has 4 aromatic carbocycles. The highest BCUT2D eigenvalue weighted by Gasteiger charge is 2.23. The van der Waals surface area contributed by atoms with Gasteiger partial charge in [0.2, 0.25) is 0 Å². The monoisotopic (exact) mass is 548 g/mol. The summed E-state index contributed by atoms with van der Waals surface area (Å²) in [7, 11) is 1.52. The smallest absolute Gasteiger partial charge is 0.335 e. The van der Waals surface area contributed by atoms with Crippen LogP contribution in [0.3, 0.4) is 0 Å². The van der Waals surface area contributed by atoms with Gasteiger partial charge in [-0.05, 0) is 64.4 Å². The number of rotatable bonds is 12. The summed E-state index contributed by atoms with van der Waals surface area (Å²) in [5.41, 5.74) is 8.15. The van der Waals surface area contributed by atoms with E-state index in [1.807, 2.05) is 30.3 Å². The maximum absolute atomic E-state index is 12.0. The number of esters is 1. The average molecular weight is 549 g/mol. The minimum atomic E-state index is -0.622. The summed E-state index contributed by atoms with van der Waals surface area (Å²) in [4.78, 5) is 12.0. The van der Waals surface area contributed by atoms with E-state index in [0.717, 1.165) is 34.4 Å². The maximum atomic E-state index is 12.0. The molecule has 5 heteroatoms. The summed E-state index contributed by atoms with van der Waals surface area (Å²) in [6.07, 6.45) is 4.84. The molecule has 210 valence electrons. The van der Waals surface area contributed by atoms with Crippen LogP contribution in [0.15, 0.2) is 97.1 Å². The molecule has 0 heterocycles. The van der Waals surface area contributed by atoms with Gasteiger partial charge in [-0.1, -0.05) is 97.1 Å². The van der Waals surface area contributed by atoms with Crippen molar-refractivity contribution in [2.24, 2.45) is 0 Å². The summed E-state index contributed by atoms with van der Waals surface area (Å²) in [5, 5.41) is 0. The highest BCUT2D eigenvalue weighted by molar-refractivity contribution is 5.76. The molecular weight excluding hydrogens is 512 g/mol. The molecule has 0 saturated carbocycles. The Morgan fingerprint density at radius 2 is 1.46 bits per heavy atom. The molecule has 0 radical (unpaired) electrons. The Balaban J connectivity index is 1.25. The van der Waals surface area contributed by atoms with Gasteiger partial charge in [0, 0.05) is 13.5 Å². The maximum Gasteiger partial charge on any atom is 0.335 e. The van der Waals surface area contributed by atoms with Gasteiger partial charge in [0.25, 0.3) is 0 Å². The zero-order chi connectivity index (χ0) is 28.4. The normalized spacial score (nSPS) is 14.4. The fraction of sp³-hybridized carbons (Fsp3) is 0.250. The second-order valence-corrected chi connectivity index (χ2v) is 10.0. The molecule has 0 aliphatic heterocycles. The molecule has 4 aromatic rings. The van der Waals surface area contributed by atoms with Gasteiger partial charge in [-0.3, -0.25) is 0 Å². The van der Waals surface area contributed by atoms with Gasteiger partial charge >= 0.3 is 5.97 Å². The van der Waals surface area contributed by atoms with E-state index in [-0.39, 0.29) is 12.1 Å². The molecule has 2 atom stereocenters. The summed E-state index contributed by atoms with van der Waals surface area (Å²) < 4.78 is 23.0. The van der Waals surface area contributed by atoms with Crippen LogP contribution >= 0.6 is 0 Å². The Kier molecular flexibility index (Phi) is 9.63. The number of ether oxygens (including phenoxy) is 4. The van der Waals surface area contributed by atoms with Gasteiger partial charge in [0.1, 0.15) is 18.5 Å². The minimum Gasteiger partial charge on any atom is -0.491 e. The summed E-state index contributed by atoms with van der Waals surface area (Å²) in [5.74, 6) is 0.396. The second kappa shape index (κ2) is 13.9. The molecule has 0 spiro atoms. The van der Waals surface area contributed by atoms with Crippen LogP contribution in [0.25, 0.3) is 12.2 Å². The molecule has 0 N–H and O–H groups in total. The lowest BCUT2D eigenvalue weighted by Gasteiger charge is -2.22. The van der Waals surface area contributed by atoms with Gasteiger partial charge < -0.3 is 18.9 Å². The highest BCUT2D eigenvalue weighted by atomic mass is 16.6. The molecule has 0 fully saturated rings. The van der Waals surface area contributed by atoms with Crippen molar-refractivity contribution in [2.75, 3.05) is 26.9 Å². The largest absolute Gasteiger partial charge is 0.491 e. The van der Waals surface area contributed by atoms with Crippen LogP contribution in [0.5, 0.6) is 5.75 Å². The first-order chi connectivity index (χ1) is 20.1. The van der Waals surface area contributed by atoms with Crippen LogP contribution in [0.2, 0.25) is 0 Å². The number of benzene rings is 4. The van der Waals surface area contributed by atoms with E-state index >= 15 is 0 Å². The minimum absolute atomic E-state index is 0.202. The number of methoxy groups -OCH3 is 1. The SMILES string of the molecule is CCOC(=O)C(Cc1ccc(OCCOC2c3ccccc3C=Cc3ccc(Cc4ccccc4)cc32)cc1)OC.